The first-order valence-electron chi connectivity index (χ1n) is 5.50. The maximum absolute atomic E-state index is 6.08. The van der Waals surface area contributed by atoms with Crippen molar-refractivity contribution in [3.63, 3.8) is 0 Å². The zero-order valence-corrected chi connectivity index (χ0v) is 11.1. The Kier molecular flexibility index (Phi) is 5.89. The molecule has 0 saturated carbocycles. The molecule has 0 saturated heterocycles. The lowest BCUT2D eigenvalue weighted by Gasteiger charge is -2.08. The third-order valence-electron chi connectivity index (χ3n) is 2.26. The van der Waals surface area contributed by atoms with Gasteiger partial charge in [-0.05, 0) is 31.5 Å². The van der Waals surface area contributed by atoms with Crippen LogP contribution in [0, 0.1) is 0 Å². The van der Waals surface area contributed by atoms with Crippen LogP contribution in [0.3, 0.4) is 0 Å². The van der Waals surface area contributed by atoms with E-state index in [-0.39, 0.29) is 0 Å². The van der Waals surface area contributed by atoms with Gasteiger partial charge in [-0.25, -0.2) is 0 Å². The molecule has 16 heavy (non-hydrogen) atoms. The predicted molar refractivity (Wildman–Crippen MR) is 73.3 cm³/mol. The summed E-state index contributed by atoms with van der Waals surface area (Å²) in [6.07, 6.45) is 5.23. The van der Waals surface area contributed by atoms with Gasteiger partial charge in [0.05, 0.1) is 10.0 Å². The standard InChI is InChI=1S/C13H17Cl2N/c1-3-9-16-10(2)7-8-11-5-4-6-12(14)13(11)15/h4-8,10,16H,3,9H2,1-2H3/b8-7+. The Morgan fingerprint density at radius 1 is 1.38 bits per heavy atom. The van der Waals surface area contributed by atoms with E-state index >= 15 is 0 Å². The topological polar surface area (TPSA) is 12.0 Å². The van der Waals surface area contributed by atoms with Gasteiger partial charge in [0.1, 0.15) is 0 Å². The summed E-state index contributed by atoms with van der Waals surface area (Å²) in [7, 11) is 0. The highest BCUT2D eigenvalue weighted by atomic mass is 35.5. The zero-order chi connectivity index (χ0) is 12.0. The van der Waals surface area contributed by atoms with E-state index in [0.29, 0.717) is 16.1 Å². The van der Waals surface area contributed by atoms with Gasteiger partial charge in [-0.1, -0.05) is 54.4 Å². The highest BCUT2D eigenvalue weighted by Gasteiger charge is 2.01. The van der Waals surface area contributed by atoms with E-state index in [9.17, 15) is 0 Å². The van der Waals surface area contributed by atoms with Crippen LogP contribution >= 0.6 is 23.2 Å². The summed E-state index contributed by atoms with van der Waals surface area (Å²) in [5.41, 5.74) is 0.958. The Labute approximate surface area is 107 Å². The number of nitrogens with one attached hydrogen (secondary N) is 1. The summed E-state index contributed by atoms with van der Waals surface area (Å²) in [6.45, 7) is 5.29. The molecule has 0 bridgehead atoms. The Balaban J connectivity index is 2.65. The highest BCUT2D eigenvalue weighted by Crippen LogP contribution is 2.26. The number of benzene rings is 1. The van der Waals surface area contributed by atoms with Crippen molar-refractivity contribution in [1.29, 1.82) is 0 Å². The zero-order valence-electron chi connectivity index (χ0n) is 9.63. The van der Waals surface area contributed by atoms with Gasteiger partial charge in [-0.2, -0.15) is 0 Å². The fourth-order valence-corrected chi connectivity index (χ4v) is 1.71. The Bertz CT molecular complexity index is 361. The molecule has 0 fully saturated rings. The van der Waals surface area contributed by atoms with Crippen LogP contribution in [0.1, 0.15) is 25.8 Å². The minimum absolute atomic E-state index is 0.343. The lowest BCUT2D eigenvalue weighted by atomic mass is 10.2. The molecule has 0 spiro atoms. The largest absolute Gasteiger partial charge is 0.311 e. The summed E-state index contributed by atoms with van der Waals surface area (Å²) < 4.78 is 0. The van der Waals surface area contributed by atoms with Crippen LogP contribution < -0.4 is 5.32 Å². The van der Waals surface area contributed by atoms with Crippen molar-refractivity contribution in [2.45, 2.75) is 26.3 Å². The minimum Gasteiger partial charge on any atom is -0.311 e. The summed E-state index contributed by atoms with van der Waals surface area (Å²) >= 11 is 12.0. The molecule has 1 atom stereocenters. The number of halogens is 2. The van der Waals surface area contributed by atoms with Crippen molar-refractivity contribution >= 4 is 29.3 Å². The summed E-state index contributed by atoms with van der Waals surface area (Å²) in [5, 5.41) is 4.58. The third-order valence-corrected chi connectivity index (χ3v) is 3.10. The fourth-order valence-electron chi connectivity index (χ4n) is 1.34. The first-order valence-corrected chi connectivity index (χ1v) is 6.26. The summed E-state index contributed by atoms with van der Waals surface area (Å²) in [4.78, 5) is 0. The molecule has 0 aliphatic rings. The quantitative estimate of drug-likeness (QED) is 0.825. The average Bonchev–Trinajstić information content (AvgIpc) is 2.28. The molecule has 3 heteroatoms. The van der Waals surface area contributed by atoms with Gasteiger partial charge in [-0.15, -0.1) is 0 Å². The van der Waals surface area contributed by atoms with Crippen LogP contribution in [0.25, 0.3) is 6.08 Å². The van der Waals surface area contributed by atoms with Crippen molar-refractivity contribution in [3.05, 3.63) is 39.9 Å². The SMILES string of the molecule is CCCNC(C)/C=C/c1cccc(Cl)c1Cl. The van der Waals surface area contributed by atoms with Gasteiger partial charge in [0, 0.05) is 6.04 Å². The van der Waals surface area contributed by atoms with E-state index in [1.165, 1.54) is 0 Å². The van der Waals surface area contributed by atoms with Gasteiger partial charge in [0.25, 0.3) is 0 Å². The number of rotatable bonds is 5. The number of hydrogen-bond acceptors (Lipinski definition) is 1. The van der Waals surface area contributed by atoms with Gasteiger partial charge in [0.15, 0.2) is 0 Å². The maximum Gasteiger partial charge on any atom is 0.0664 e. The van der Waals surface area contributed by atoms with Crippen LogP contribution in [-0.2, 0) is 0 Å². The second-order valence-electron chi connectivity index (χ2n) is 3.74. The molecule has 1 aromatic carbocycles. The summed E-state index contributed by atoms with van der Waals surface area (Å²) in [5.74, 6) is 0. The molecule has 0 aromatic heterocycles. The molecule has 0 amide bonds. The Hall–Kier alpha value is -0.500. The van der Waals surface area contributed by atoms with Crippen molar-refractivity contribution in [1.82, 2.24) is 5.32 Å². The average molecular weight is 258 g/mol. The van der Waals surface area contributed by atoms with E-state index in [1.807, 2.05) is 18.2 Å². The molecule has 1 N–H and O–H groups in total. The minimum atomic E-state index is 0.343. The van der Waals surface area contributed by atoms with Crippen molar-refractivity contribution in [2.75, 3.05) is 6.54 Å². The van der Waals surface area contributed by atoms with E-state index < -0.39 is 0 Å². The molecule has 1 nitrogen and oxygen atoms in total. The first kappa shape index (κ1) is 13.6. The molecule has 0 heterocycles. The summed E-state index contributed by atoms with van der Waals surface area (Å²) in [6, 6.07) is 5.99. The molecular formula is C13H17Cl2N. The Morgan fingerprint density at radius 2 is 2.12 bits per heavy atom. The molecule has 1 rings (SSSR count). The van der Waals surface area contributed by atoms with Crippen molar-refractivity contribution in [3.8, 4) is 0 Å². The van der Waals surface area contributed by atoms with Gasteiger partial charge < -0.3 is 5.32 Å². The monoisotopic (exact) mass is 257 g/mol. The van der Waals surface area contributed by atoms with Crippen LogP contribution in [0.15, 0.2) is 24.3 Å². The second-order valence-corrected chi connectivity index (χ2v) is 4.53. The van der Waals surface area contributed by atoms with Crippen molar-refractivity contribution < 1.29 is 0 Å². The van der Waals surface area contributed by atoms with E-state index in [2.05, 4.69) is 25.2 Å². The highest BCUT2D eigenvalue weighted by molar-refractivity contribution is 6.42. The molecule has 0 aliphatic heterocycles. The molecular weight excluding hydrogens is 241 g/mol. The fraction of sp³-hybridized carbons (Fsp3) is 0.385. The van der Waals surface area contributed by atoms with Crippen LogP contribution in [-0.4, -0.2) is 12.6 Å². The lowest BCUT2D eigenvalue weighted by molar-refractivity contribution is 0.625. The number of hydrogen-bond donors (Lipinski definition) is 1. The van der Waals surface area contributed by atoms with Gasteiger partial charge in [-0.3, -0.25) is 0 Å². The molecule has 1 aromatic rings. The van der Waals surface area contributed by atoms with Crippen LogP contribution in [0.5, 0.6) is 0 Å². The predicted octanol–water partition coefficient (Wildman–Crippen LogP) is 4.39. The molecule has 0 aliphatic carbocycles. The first-order chi connectivity index (χ1) is 7.65. The normalized spacial score (nSPS) is 13.2. The molecule has 88 valence electrons. The molecule has 1 unspecified atom stereocenters. The third kappa shape index (κ3) is 4.17. The van der Waals surface area contributed by atoms with Crippen LogP contribution in [0.4, 0.5) is 0 Å². The lowest BCUT2D eigenvalue weighted by Crippen LogP contribution is -2.24. The van der Waals surface area contributed by atoms with Crippen molar-refractivity contribution in [2.24, 2.45) is 0 Å². The van der Waals surface area contributed by atoms with E-state index in [0.717, 1.165) is 18.5 Å². The van der Waals surface area contributed by atoms with Crippen LogP contribution in [0.2, 0.25) is 10.0 Å². The van der Waals surface area contributed by atoms with E-state index in [4.69, 9.17) is 23.2 Å². The maximum atomic E-state index is 6.08. The molecule has 0 radical (unpaired) electrons. The van der Waals surface area contributed by atoms with E-state index in [1.54, 1.807) is 6.07 Å². The Morgan fingerprint density at radius 3 is 2.81 bits per heavy atom. The smallest absolute Gasteiger partial charge is 0.0664 e. The van der Waals surface area contributed by atoms with Gasteiger partial charge in [0.2, 0.25) is 0 Å². The van der Waals surface area contributed by atoms with Gasteiger partial charge >= 0.3 is 0 Å². The second kappa shape index (κ2) is 6.95.